The van der Waals surface area contributed by atoms with E-state index in [9.17, 15) is 19.2 Å². The molecule has 4 aromatic heterocycles. The fourth-order valence-corrected chi connectivity index (χ4v) is 8.30. The number of carbonyl (C=O) groups is 4. The van der Waals surface area contributed by atoms with Crippen molar-refractivity contribution in [2.45, 2.75) is 0 Å². The van der Waals surface area contributed by atoms with Crippen LogP contribution >= 0.6 is 46.4 Å². The molecule has 4 rings (SSSR count). The first-order valence-corrected chi connectivity index (χ1v) is 17.1. The van der Waals surface area contributed by atoms with Gasteiger partial charge in [-0.15, -0.1) is 0 Å². The average molecular weight is 745 g/mol. The number of aromatic nitrogens is 4. The molecule has 0 saturated heterocycles. The van der Waals surface area contributed by atoms with Gasteiger partial charge in [-0.2, -0.15) is 0 Å². The Hall–Kier alpha value is -3.56. The van der Waals surface area contributed by atoms with Crippen LogP contribution in [0.1, 0.15) is 41.4 Å². The van der Waals surface area contributed by atoms with Crippen molar-refractivity contribution in [2.24, 2.45) is 0 Å². The second-order valence-corrected chi connectivity index (χ2v) is 14.0. The fourth-order valence-electron chi connectivity index (χ4n) is 2.95. The first kappa shape index (κ1) is 30.4. The predicted molar refractivity (Wildman–Crippen MR) is 144 cm³/mol. The topological polar surface area (TPSA) is 157 Å². The van der Waals surface area contributed by atoms with E-state index in [0.717, 1.165) is 0 Å². The van der Waals surface area contributed by atoms with Crippen LogP contribution in [0.15, 0.2) is 73.3 Å². The molecule has 4 heterocycles. The van der Waals surface area contributed by atoms with E-state index in [1.165, 1.54) is 73.3 Å². The summed E-state index contributed by atoms with van der Waals surface area (Å²) in [6, 6.07) is 10.3. The predicted octanol–water partition coefficient (Wildman–Crippen LogP) is 5.04. The van der Waals surface area contributed by atoms with Crippen LogP contribution in [0.5, 0.6) is 0 Å². The number of nitrogens with zero attached hydrogens (tertiary/aromatic N) is 4. The van der Waals surface area contributed by atoms with E-state index in [-0.39, 0.29) is 42.9 Å². The van der Waals surface area contributed by atoms with Crippen LogP contribution in [0.4, 0.5) is 0 Å². The molecule has 0 bridgehead atoms. The van der Waals surface area contributed by atoms with Crippen molar-refractivity contribution in [1.29, 1.82) is 0 Å². The summed E-state index contributed by atoms with van der Waals surface area (Å²) in [6.45, 7) is 0. The van der Waals surface area contributed by atoms with Gasteiger partial charge < -0.3 is 0 Å². The standard InChI is InChI=1S/4C6H4ClNO2.Sn/c4*7-5-4(6(9)10)2-1-3-8-5;/h4*1-3H,(H,9,10);/q;;;;+4/p-4. The van der Waals surface area contributed by atoms with Crippen molar-refractivity contribution in [3.63, 3.8) is 0 Å². The van der Waals surface area contributed by atoms with Gasteiger partial charge in [-0.1, -0.05) is 0 Å². The minimum absolute atomic E-state index is 0.317. The number of pyridine rings is 4. The molecule has 0 atom stereocenters. The summed E-state index contributed by atoms with van der Waals surface area (Å²) in [7, 11) is 0. The number of halogens is 4. The van der Waals surface area contributed by atoms with E-state index in [0.29, 0.717) is 0 Å². The van der Waals surface area contributed by atoms with Crippen LogP contribution in [0, 0.1) is 0 Å². The van der Waals surface area contributed by atoms with Crippen molar-refractivity contribution in [3.8, 4) is 0 Å². The van der Waals surface area contributed by atoms with Crippen LogP contribution in [0.2, 0.25) is 20.6 Å². The average Bonchev–Trinajstić information content (AvgIpc) is 2.93. The van der Waals surface area contributed by atoms with Gasteiger partial charge in [0.1, 0.15) is 0 Å². The Morgan fingerprint density at radius 2 is 0.683 bits per heavy atom. The van der Waals surface area contributed by atoms with E-state index in [2.05, 4.69) is 19.9 Å². The van der Waals surface area contributed by atoms with E-state index in [1.807, 2.05) is 0 Å². The third-order valence-corrected chi connectivity index (χ3v) is 11.0. The maximum absolute atomic E-state index is 13.3. The molecular formula is C24H12Cl4N4O8Sn. The zero-order chi connectivity index (χ0) is 29.6. The summed E-state index contributed by atoms with van der Waals surface area (Å²) >= 11 is 17.4. The van der Waals surface area contributed by atoms with Crippen LogP contribution in [-0.4, -0.2) is 63.8 Å². The monoisotopic (exact) mass is 744 g/mol. The minimum atomic E-state index is -6.66. The summed E-state index contributed by atoms with van der Waals surface area (Å²) in [6.07, 6.45) is 5.15. The molecule has 0 spiro atoms. The summed E-state index contributed by atoms with van der Waals surface area (Å²) < 4.78 is 21.7. The Kier molecular flexibility index (Phi) is 9.94. The van der Waals surface area contributed by atoms with Gasteiger partial charge in [-0.05, 0) is 0 Å². The quantitative estimate of drug-likeness (QED) is 0.175. The molecular weight excluding hydrogens is 733 g/mol. The molecule has 0 aliphatic heterocycles. The Labute approximate surface area is 256 Å². The Morgan fingerprint density at radius 3 is 0.878 bits per heavy atom. The summed E-state index contributed by atoms with van der Waals surface area (Å²) in [5.74, 6) is -5.23. The van der Waals surface area contributed by atoms with Crippen molar-refractivity contribution < 1.29 is 31.5 Å². The summed E-state index contributed by atoms with van der Waals surface area (Å²) in [5.41, 5.74) is -1.35. The van der Waals surface area contributed by atoms with Gasteiger partial charge in [-0.3, -0.25) is 0 Å². The van der Waals surface area contributed by atoms with E-state index >= 15 is 0 Å². The molecule has 0 unspecified atom stereocenters. The van der Waals surface area contributed by atoms with Gasteiger partial charge in [-0.25, -0.2) is 0 Å². The van der Waals surface area contributed by atoms with Crippen LogP contribution in [0.3, 0.4) is 0 Å². The van der Waals surface area contributed by atoms with Gasteiger partial charge in [0.15, 0.2) is 0 Å². The van der Waals surface area contributed by atoms with Gasteiger partial charge in [0.25, 0.3) is 0 Å². The number of carbonyl (C=O) groups excluding carboxylic acids is 4. The molecule has 0 fully saturated rings. The molecule has 0 amide bonds. The van der Waals surface area contributed by atoms with Gasteiger partial charge in [0.2, 0.25) is 0 Å². The molecule has 41 heavy (non-hydrogen) atoms. The van der Waals surface area contributed by atoms with Crippen molar-refractivity contribution >= 4 is 90.3 Å². The number of hydrogen-bond donors (Lipinski definition) is 0. The second kappa shape index (κ2) is 13.4. The third kappa shape index (κ3) is 7.40. The number of rotatable bonds is 8. The molecule has 0 N–H and O–H groups in total. The molecule has 12 nitrogen and oxygen atoms in total. The fraction of sp³-hybridized carbons (Fsp3) is 0. The van der Waals surface area contributed by atoms with E-state index < -0.39 is 43.9 Å². The molecule has 0 aliphatic carbocycles. The van der Waals surface area contributed by atoms with Gasteiger partial charge >= 0.3 is 258 Å². The molecule has 0 aromatic carbocycles. The summed E-state index contributed by atoms with van der Waals surface area (Å²) in [4.78, 5) is 68.1. The first-order valence-electron chi connectivity index (χ1n) is 11.0. The zero-order valence-corrected chi connectivity index (χ0v) is 25.9. The molecule has 0 aliphatic rings. The first-order chi connectivity index (χ1) is 19.6. The van der Waals surface area contributed by atoms with Crippen molar-refractivity contribution in [3.05, 3.63) is 116 Å². The van der Waals surface area contributed by atoms with Crippen molar-refractivity contribution in [2.75, 3.05) is 0 Å². The number of hydrogen-bond acceptors (Lipinski definition) is 12. The Bertz CT molecular complexity index is 1420. The van der Waals surface area contributed by atoms with Crippen LogP contribution in [0.25, 0.3) is 0 Å². The Morgan fingerprint density at radius 1 is 0.463 bits per heavy atom. The van der Waals surface area contributed by atoms with Gasteiger partial charge in [0.05, 0.1) is 0 Å². The van der Waals surface area contributed by atoms with E-state index in [1.54, 1.807) is 0 Å². The van der Waals surface area contributed by atoms with Crippen LogP contribution in [-0.2, 0) is 12.3 Å². The van der Waals surface area contributed by atoms with Crippen molar-refractivity contribution in [1.82, 2.24) is 19.9 Å². The molecule has 0 radical (unpaired) electrons. The molecule has 0 saturated carbocycles. The normalized spacial score (nSPS) is 10.8. The zero-order valence-electron chi connectivity index (χ0n) is 20.0. The molecule has 17 heteroatoms. The van der Waals surface area contributed by atoms with E-state index in [4.69, 9.17) is 58.7 Å². The second-order valence-electron chi connectivity index (χ2n) is 7.43. The maximum atomic E-state index is 13.3. The SMILES string of the molecule is O=C([O][Sn]([O]C(=O)c1cccnc1Cl)([O]C(=O)c1cccnc1Cl)[O]C(=O)c1cccnc1Cl)c1cccnc1Cl. The molecule has 4 aromatic rings. The molecule has 208 valence electrons. The summed E-state index contributed by atoms with van der Waals surface area (Å²) in [5, 5.41) is -1.27. The van der Waals surface area contributed by atoms with Gasteiger partial charge in [0, 0.05) is 0 Å². The van der Waals surface area contributed by atoms with Crippen LogP contribution < -0.4 is 0 Å². The Balaban J connectivity index is 1.84. The third-order valence-electron chi connectivity index (χ3n) is 4.79.